The average molecular weight is 710 g/mol. The molecule has 6 rings (SSSR count). The highest BCUT2D eigenvalue weighted by Gasteiger charge is 2.25. The predicted octanol–water partition coefficient (Wildman–Crippen LogP) is 7.15. The Kier molecular flexibility index (Phi) is 11.8. The molecule has 11 heteroatoms. The van der Waals surface area contributed by atoms with E-state index in [0.29, 0.717) is 41.8 Å². The van der Waals surface area contributed by atoms with Gasteiger partial charge in [-0.05, 0) is 91.4 Å². The molecule has 0 spiro atoms. The fourth-order valence-corrected chi connectivity index (χ4v) is 7.04. The second kappa shape index (κ2) is 16.8. The average Bonchev–Trinajstić information content (AvgIpc) is 3.60. The Labute approximate surface area is 304 Å². The highest BCUT2D eigenvalue weighted by atomic mass is 19.1. The van der Waals surface area contributed by atoms with Gasteiger partial charge in [0, 0.05) is 44.2 Å². The first-order valence-electron chi connectivity index (χ1n) is 17.7. The molecule has 1 saturated heterocycles. The van der Waals surface area contributed by atoms with Crippen LogP contribution >= 0.6 is 0 Å². The molecular formula is C41H48FN5O5. The van der Waals surface area contributed by atoms with Gasteiger partial charge in [0.25, 0.3) is 5.91 Å². The van der Waals surface area contributed by atoms with Gasteiger partial charge in [-0.25, -0.2) is 9.37 Å². The number of fused-ring (bicyclic) bond motifs is 1. The van der Waals surface area contributed by atoms with Crippen molar-refractivity contribution in [1.29, 1.82) is 0 Å². The van der Waals surface area contributed by atoms with Crippen LogP contribution in [0.1, 0.15) is 52.2 Å². The number of imidazole rings is 1. The molecule has 1 amide bonds. The normalized spacial score (nSPS) is 14.2. The number of H-pyrrole nitrogens is 1. The van der Waals surface area contributed by atoms with Gasteiger partial charge in [0.15, 0.2) is 11.5 Å². The van der Waals surface area contributed by atoms with Crippen molar-refractivity contribution in [2.45, 2.75) is 37.6 Å². The molecule has 52 heavy (non-hydrogen) atoms. The molecule has 0 radical (unpaired) electrons. The van der Waals surface area contributed by atoms with Gasteiger partial charge < -0.3 is 39.0 Å². The van der Waals surface area contributed by atoms with Crippen LogP contribution in [0.25, 0.3) is 11.0 Å². The number of amides is 1. The lowest BCUT2D eigenvalue weighted by Crippen LogP contribution is -2.40. The number of anilines is 1. The Balaban J connectivity index is 1.07. The number of hydrogen-bond acceptors (Lipinski definition) is 8. The minimum absolute atomic E-state index is 0.109. The number of nitrogens with zero attached hydrogens (tertiary/aromatic N) is 3. The van der Waals surface area contributed by atoms with Crippen molar-refractivity contribution >= 4 is 22.9 Å². The maximum atomic E-state index is 13.7. The lowest BCUT2D eigenvalue weighted by atomic mass is 9.93. The predicted molar refractivity (Wildman–Crippen MR) is 202 cm³/mol. The van der Waals surface area contributed by atoms with Crippen LogP contribution in [0, 0.1) is 5.82 Å². The summed E-state index contributed by atoms with van der Waals surface area (Å²) < 4.78 is 35.3. The molecule has 10 nitrogen and oxygen atoms in total. The molecule has 2 N–H and O–H groups in total. The molecule has 1 atom stereocenters. The molecule has 1 aromatic heterocycles. The van der Waals surface area contributed by atoms with E-state index in [0.717, 1.165) is 78.3 Å². The molecule has 4 aromatic carbocycles. The number of benzene rings is 4. The lowest BCUT2D eigenvalue weighted by Gasteiger charge is -2.34. The largest absolute Gasteiger partial charge is 0.497 e. The zero-order valence-corrected chi connectivity index (χ0v) is 30.6. The number of aromatic amines is 1. The number of aromatic nitrogens is 2. The number of para-hydroxylation sites is 1. The third-order valence-corrected chi connectivity index (χ3v) is 9.97. The SMILES string of the molecule is COc1ccc(C(CCN2CCC(Nc3nc4c(Cc5ccc(F)cc5)cccc4[nH]3)CC2)CN(C)C(=O)c2cc(OC)c(OC)c(OC)c2)cc1. The number of piperidine rings is 1. The summed E-state index contributed by atoms with van der Waals surface area (Å²) in [6, 6.07) is 24.6. The number of methoxy groups -OCH3 is 4. The van der Waals surface area contributed by atoms with Crippen molar-refractivity contribution in [2.24, 2.45) is 0 Å². The molecule has 0 aliphatic carbocycles. The van der Waals surface area contributed by atoms with Crippen LogP contribution in [0.15, 0.2) is 78.9 Å². The molecule has 1 unspecified atom stereocenters. The highest BCUT2D eigenvalue weighted by molar-refractivity contribution is 5.95. The third-order valence-electron chi connectivity index (χ3n) is 9.97. The summed E-state index contributed by atoms with van der Waals surface area (Å²) in [5, 5.41) is 3.64. The number of rotatable bonds is 15. The molecule has 1 aliphatic rings. The van der Waals surface area contributed by atoms with Crippen LogP contribution in [0.4, 0.5) is 10.3 Å². The van der Waals surface area contributed by atoms with Crippen LogP contribution in [0.2, 0.25) is 0 Å². The Morgan fingerprint density at radius 1 is 0.942 bits per heavy atom. The third kappa shape index (κ3) is 8.59. The number of likely N-dealkylation sites (tertiary alicyclic amines) is 1. The number of likely N-dealkylation sites (N-methyl/N-ethyl adjacent to an activating group) is 1. The summed E-state index contributed by atoms with van der Waals surface area (Å²) in [5.74, 6) is 2.65. The van der Waals surface area contributed by atoms with E-state index in [1.807, 2.05) is 43.4 Å². The van der Waals surface area contributed by atoms with E-state index in [2.05, 4.69) is 33.4 Å². The van der Waals surface area contributed by atoms with Crippen molar-refractivity contribution in [2.75, 3.05) is 67.0 Å². The van der Waals surface area contributed by atoms with E-state index in [4.69, 9.17) is 23.9 Å². The van der Waals surface area contributed by atoms with Crippen molar-refractivity contribution in [3.05, 3.63) is 107 Å². The fourth-order valence-electron chi connectivity index (χ4n) is 7.04. The first-order chi connectivity index (χ1) is 25.3. The first kappa shape index (κ1) is 36.5. The quantitative estimate of drug-likeness (QED) is 0.118. The molecular weight excluding hydrogens is 661 g/mol. The summed E-state index contributed by atoms with van der Waals surface area (Å²) in [4.78, 5) is 26.4. The second-order valence-corrected chi connectivity index (χ2v) is 13.3. The number of nitrogens with one attached hydrogen (secondary N) is 2. The van der Waals surface area contributed by atoms with Gasteiger partial charge in [-0.3, -0.25) is 4.79 Å². The Hall–Kier alpha value is -5.29. The van der Waals surface area contributed by atoms with E-state index >= 15 is 0 Å². The fraction of sp³-hybridized carbons (Fsp3) is 0.366. The summed E-state index contributed by atoms with van der Waals surface area (Å²) >= 11 is 0. The minimum atomic E-state index is -0.232. The van der Waals surface area contributed by atoms with Crippen LogP contribution in [-0.2, 0) is 6.42 Å². The summed E-state index contributed by atoms with van der Waals surface area (Å²) in [5.41, 5.74) is 5.69. The van der Waals surface area contributed by atoms with Crippen LogP contribution < -0.4 is 24.3 Å². The number of carbonyl (C=O) groups excluding carboxylic acids is 1. The number of ether oxygens (including phenoxy) is 4. The van der Waals surface area contributed by atoms with Crippen molar-refractivity contribution in [3.63, 3.8) is 0 Å². The zero-order chi connectivity index (χ0) is 36.6. The zero-order valence-electron chi connectivity index (χ0n) is 30.6. The van der Waals surface area contributed by atoms with Gasteiger partial charge in [0.05, 0.1) is 39.5 Å². The van der Waals surface area contributed by atoms with Crippen molar-refractivity contribution in [1.82, 2.24) is 19.8 Å². The summed E-state index contributed by atoms with van der Waals surface area (Å²) in [6.45, 7) is 3.37. The van der Waals surface area contributed by atoms with E-state index in [1.54, 1.807) is 45.5 Å². The molecule has 5 aromatic rings. The van der Waals surface area contributed by atoms with Gasteiger partial charge in [0.1, 0.15) is 11.6 Å². The maximum absolute atomic E-state index is 13.7. The monoisotopic (exact) mass is 709 g/mol. The standard InChI is InChI=1S/C41H48FN5O5/c1-46(40(48)31-24-36(50-3)39(52-5)37(25-31)51-4)26-30(28-11-15-34(49-2)16-12-28)17-20-47-21-18-33(19-22-47)43-41-44-35-8-6-7-29(38(35)45-41)23-27-9-13-32(42)14-10-27/h6-16,24-25,30,33H,17-23,26H2,1-5H3,(H2,43,44,45). The number of carbonyl (C=O) groups is 1. The van der Waals surface area contributed by atoms with Crippen molar-refractivity contribution < 1.29 is 28.1 Å². The van der Waals surface area contributed by atoms with Gasteiger partial charge in [-0.15, -0.1) is 0 Å². The van der Waals surface area contributed by atoms with Crippen LogP contribution in [0.5, 0.6) is 23.0 Å². The summed E-state index contributed by atoms with van der Waals surface area (Å²) in [6.07, 6.45) is 3.56. The molecule has 274 valence electrons. The Morgan fingerprint density at radius 2 is 1.63 bits per heavy atom. The van der Waals surface area contributed by atoms with E-state index in [1.165, 1.54) is 12.1 Å². The number of hydrogen-bond donors (Lipinski definition) is 2. The molecule has 0 saturated carbocycles. The second-order valence-electron chi connectivity index (χ2n) is 13.3. The van der Waals surface area contributed by atoms with E-state index in [-0.39, 0.29) is 17.6 Å². The number of halogens is 1. The maximum Gasteiger partial charge on any atom is 0.253 e. The highest BCUT2D eigenvalue weighted by Crippen LogP contribution is 2.38. The van der Waals surface area contributed by atoms with Crippen LogP contribution in [0.3, 0.4) is 0 Å². The topological polar surface area (TPSA) is 101 Å². The van der Waals surface area contributed by atoms with E-state index < -0.39 is 0 Å². The molecule has 1 fully saturated rings. The molecule has 1 aliphatic heterocycles. The van der Waals surface area contributed by atoms with Crippen LogP contribution in [-0.4, -0.2) is 93.4 Å². The minimum Gasteiger partial charge on any atom is -0.497 e. The Morgan fingerprint density at radius 3 is 2.27 bits per heavy atom. The van der Waals surface area contributed by atoms with Gasteiger partial charge in [-0.2, -0.15) is 0 Å². The first-order valence-corrected chi connectivity index (χ1v) is 17.7. The van der Waals surface area contributed by atoms with Gasteiger partial charge >= 0.3 is 0 Å². The van der Waals surface area contributed by atoms with E-state index in [9.17, 15) is 9.18 Å². The summed E-state index contributed by atoms with van der Waals surface area (Å²) in [7, 11) is 8.13. The van der Waals surface area contributed by atoms with Crippen molar-refractivity contribution in [3.8, 4) is 23.0 Å². The Bertz CT molecular complexity index is 1920. The lowest BCUT2D eigenvalue weighted by molar-refractivity contribution is 0.0781. The smallest absolute Gasteiger partial charge is 0.253 e. The van der Waals surface area contributed by atoms with Gasteiger partial charge in [-0.1, -0.05) is 36.4 Å². The van der Waals surface area contributed by atoms with Gasteiger partial charge in [0.2, 0.25) is 11.7 Å². The molecule has 2 heterocycles. The molecule has 0 bridgehead atoms.